The molecule has 0 spiro atoms. The van der Waals surface area contributed by atoms with Crippen LogP contribution >= 0.6 is 0 Å². The molecule has 0 aliphatic carbocycles. The summed E-state index contributed by atoms with van der Waals surface area (Å²) in [6.45, 7) is 10.4. The van der Waals surface area contributed by atoms with Crippen LogP contribution in [0.2, 0.25) is 0 Å². The molecule has 1 rings (SSSR count). The SMILES string of the molecule is C=C/C(C)=C\C(=C/C)CC1CCCNC1. The van der Waals surface area contributed by atoms with Gasteiger partial charge in [0, 0.05) is 0 Å². The van der Waals surface area contributed by atoms with Crippen molar-refractivity contribution in [3.05, 3.63) is 36.0 Å². The predicted octanol–water partition coefficient (Wildman–Crippen LogP) is 3.45. The summed E-state index contributed by atoms with van der Waals surface area (Å²) in [4.78, 5) is 0. The van der Waals surface area contributed by atoms with Gasteiger partial charge in [0.05, 0.1) is 0 Å². The number of hydrogen-bond donors (Lipinski definition) is 1. The van der Waals surface area contributed by atoms with E-state index in [4.69, 9.17) is 0 Å². The average molecular weight is 205 g/mol. The van der Waals surface area contributed by atoms with Crippen LogP contribution in [0, 0.1) is 5.92 Å². The van der Waals surface area contributed by atoms with Crippen LogP contribution in [0.5, 0.6) is 0 Å². The molecule has 1 fully saturated rings. The summed E-state index contributed by atoms with van der Waals surface area (Å²) in [5.41, 5.74) is 2.70. The van der Waals surface area contributed by atoms with Gasteiger partial charge in [-0.25, -0.2) is 0 Å². The molecule has 0 bridgehead atoms. The molecule has 0 amide bonds. The van der Waals surface area contributed by atoms with Gasteiger partial charge in [0.15, 0.2) is 0 Å². The molecule has 1 atom stereocenters. The Morgan fingerprint density at radius 2 is 2.33 bits per heavy atom. The second-order valence-corrected chi connectivity index (χ2v) is 4.37. The molecule has 1 unspecified atom stereocenters. The summed E-state index contributed by atoms with van der Waals surface area (Å²) in [6.07, 6.45) is 10.3. The molecule has 1 nitrogen and oxygen atoms in total. The standard InChI is InChI=1S/C14H23N/c1-4-12(3)9-13(5-2)10-14-7-6-8-15-11-14/h4-5,9,14-15H,1,6-8,10-11H2,2-3H3/b12-9-,13-5+. The number of hydrogen-bond acceptors (Lipinski definition) is 1. The third-order valence-electron chi connectivity index (χ3n) is 3.03. The fourth-order valence-corrected chi connectivity index (χ4v) is 2.04. The van der Waals surface area contributed by atoms with Gasteiger partial charge in [-0.05, 0) is 52.1 Å². The average Bonchev–Trinajstić information content (AvgIpc) is 2.29. The molecule has 0 radical (unpaired) electrons. The molecule has 0 aromatic heterocycles. The molecule has 0 aromatic carbocycles. The molecule has 84 valence electrons. The Balaban J connectivity index is 2.49. The van der Waals surface area contributed by atoms with Gasteiger partial charge in [-0.15, -0.1) is 0 Å². The fraction of sp³-hybridized carbons (Fsp3) is 0.571. The highest BCUT2D eigenvalue weighted by Gasteiger charge is 2.13. The fourth-order valence-electron chi connectivity index (χ4n) is 2.04. The summed E-state index contributed by atoms with van der Waals surface area (Å²) < 4.78 is 0. The van der Waals surface area contributed by atoms with Crippen LogP contribution in [0.15, 0.2) is 36.0 Å². The lowest BCUT2D eigenvalue weighted by atomic mass is 9.91. The Hall–Kier alpha value is -0.820. The second-order valence-electron chi connectivity index (χ2n) is 4.37. The lowest BCUT2D eigenvalue weighted by molar-refractivity contribution is 0.377. The molecule has 1 heterocycles. The first kappa shape index (κ1) is 12.3. The Kier molecular flexibility index (Phi) is 5.41. The van der Waals surface area contributed by atoms with Crippen molar-refractivity contribution in [1.82, 2.24) is 5.32 Å². The molecule has 1 saturated heterocycles. The molecule has 15 heavy (non-hydrogen) atoms. The molecule has 1 heteroatoms. The van der Waals surface area contributed by atoms with Gasteiger partial charge >= 0.3 is 0 Å². The van der Waals surface area contributed by atoms with Gasteiger partial charge in [0.2, 0.25) is 0 Å². The highest BCUT2D eigenvalue weighted by Crippen LogP contribution is 2.20. The second kappa shape index (κ2) is 6.62. The molecule has 0 aromatic rings. The minimum atomic E-state index is 0.818. The van der Waals surface area contributed by atoms with Crippen LogP contribution in [0.3, 0.4) is 0 Å². The van der Waals surface area contributed by atoms with E-state index in [-0.39, 0.29) is 0 Å². The van der Waals surface area contributed by atoms with E-state index in [0.717, 1.165) is 5.92 Å². The maximum Gasteiger partial charge on any atom is -0.00173 e. The third kappa shape index (κ3) is 4.48. The van der Waals surface area contributed by atoms with E-state index < -0.39 is 0 Å². The smallest absolute Gasteiger partial charge is 0.00173 e. The van der Waals surface area contributed by atoms with Crippen LogP contribution in [-0.2, 0) is 0 Å². The van der Waals surface area contributed by atoms with Crippen molar-refractivity contribution >= 4 is 0 Å². The summed E-state index contributed by atoms with van der Waals surface area (Å²) in [5, 5.41) is 3.46. The third-order valence-corrected chi connectivity index (χ3v) is 3.03. The first-order valence-corrected chi connectivity index (χ1v) is 5.93. The van der Waals surface area contributed by atoms with Gasteiger partial charge in [-0.2, -0.15) is 0 Å². The normalized spacial score (nSPS) is 24.0. The summed E-state index contributed by atoms with van der Waals surface area (Å²) in [7, 11) is 0. The quantitative estimate of drug-likeness (QED) is 0.693. The van der Waals surface area contributed by atoms with E-state index in [1.54, 1.807) is 0 Å². The molecule has 0 saturated carbocycles. The number of piperidine rings is 1. The maximum absolute atomic E-state index is 3.79. The monoisotopic (exact) mass is 205 g/mol. The minimum Gasteiger partial charge on any atom is -0.316 e. The zero-order chi connectivity index (χ0) is 11.1. The van der Waals surface area contributed by atoms with Crippen molar-refractivity contribution in [1.29, 1.82) is 0 Å². The summed E-state index contributed by atoms with van der Waals surface area (Å²) >= 11 is 0. The van der Waals surface area contributed by atoms with Crippen molar-refractivity contribution < 1.29 is 0 Å². The molecular formula is C14H23N. The van der Waals surface area contributed by atoms with Gasteiger partial charge in [-0.1, -0.05) is 36.0 Å². The Morgan fingerprint density at radius 1 is 1.53 bits per heavy atom. The van der Waals surface area contributed by atoms with Crippen LogP contribution < -0.4 is 5.32 Å². The van der Waals surface area contributed by atoms with Crippen LogP contribution in [-0.4, -0.2) is 13.1 Å². The number of allylic oxidation sites excluding steroid dienone is 5. The zero-order valence-corrected chi connectivity index (χ0v) is 10.1. The van der Waals surface area contributed by atoms with E-state index in [9.17, 15) is 0 Å². The number of rotatable bonds is 4. The topological polar surface area (TPSA) is 12.0 Å². The van der Waals surface area contributed by atoms with E-state index >= 15 is 0 Å². The van der Waals surface area contributed by atoms with E-state index in [0.29, 0.717) is 0 Å². The lowest BCUT2D eigenvalue weighted by Gasteiger charge is -2.23. The van der Waals surface area contributed by atoms with E-state index in [2.05, 4.69) is 37.9 Å². The maximum atomic E-state index is 3.79. The van der Waals surface area contributed by atoms with Crippen LogP contribution in [0.4, 0.5) is 0 Å². The summed E-state index contributed by atoms with van der Waals surface area (Å²) in [6, 6.07) is 0. The predicted molar refractivity (Wildman–Crippen MR) is 67.9 cm³/mol. The van der Waals surface area contributed by atoms with Gasteiger partial charge in [0.25, 0.3) is 0 Å². The van der Waals surface area contributed by atoms with Gasteiger partial charge < -0.3 is 5.32 Å². The number of nitrogens with one attached hydrogen (secondary N) is 1. The molecule has 1 aliphatic heterocycles. The van der Waals surface area contributed by atoms with Crippen molar-refractivity contribution in [2.75, 3.05) is 13.1 Å². The van der Waals surface area contributed by atoms with E-state index in [1.165, 1.54) is 43.5 Å². The Bertz CT molecular complexity index is 255. The minimum absolute atomic E-state index is 0.818. The van der Waals surface area contributed by atoms with Gasteiger partial charge in [0.1, 0.15) is 0 Å². The Labute approximate surface area is 94.0 Å². The lowest BCUT2D eigenvalue weighted by Crippen LogP contribution is -2.29. The van der Waals surface area contributed by atoms with Crippen LogP contribution in [0.25, 0.3) is 0 Å². The molecular weight excluding hydrogens is 182 g/mol. The highest BCUT2D eigenvalue weighted by atomic mass is 14.9. The van der Waals surface area contributed by atoms with E-state index in [1.807, 2.05) is 6.08 Å². The Morgan fingerprint density at radius 3 is 2.87 bits per heavy atom. The van der Waals surface area contributed by atoms with Crippen molar-refractivity contribution in [3.63, 3.8) is 0 Å². The first-order valence-electron chi connectivity index (χ1n) is 5.93. The zero-order valence-electron chi connectivity index (χ0n) is 10.1. The first-order chi connectivity index (χ1) is 7.26. The summed E-state index contributed by atoms with van der Waals surface area (Å²) in [5.74, 6) is 0.818. The van der Waals surface area contributed by atoms with Crippen LogP contribution in [0.1, 0.15) is 33.1 Å². The van der Waals surface area contributed by atoms with Crippen molar-refractivity contribution in [2.24, 2.45) is 5.92 Å². The highest BCUT2D eigenvalue weighted by molar-refractivity contribution is 5.27. The van der Waals surface area contributed by atoms with Gasteiger partial charge in [-0.3, -0.25) is 0 Å². The molecule has 1 aliphatic rings. The van der Waals surface area contributed by atoms with Crippen molar-refractivity contribution in [3.8, 4) is 0 Å². The molecule has 1 N–H and O–H groups in total. The van der Waals surface area contributed by atoms with Crippen molar-refractivity contribution in [2.45, 2.75) is 33.1 Å². The largest absolute Gasteiger partial charge is 0.316 e.